The van der Waals surface area contributed by atoms with E-state index in [-0.39, 0.29) is 24.3 Å². The van der Waals surface area contributed by atoms with Gasteiger partial charge >= 0.3 is 0 Å². The fourth-order valence-electron chi connectivity index (χ4n) is 1.93. The summed E-state index contributed by atoms with van der Waals surface area (Å²) in [4.78, 5) is 27.0. The second-order valence-electron chi connectivity index (χ2n) is 4.69. The lowest BCUT2D eigenvalue weighted by Crippen LogP contribution is -2.51. The van der Waals surface area contributed by atoms with Crippen LogP contribution in [-0.4, -0.2) is 59.5 Å². The van der Waals surface area contributed by atoms with Crippen molar-refractivity contribution in [3.05, 3.63) is 0 Å². The van der Waals surface area contributed by atoms with E-state index in [1.54, 1.807) is 4.90 Å². The zero-order chi connectivity index (χ0) is 12.8. The number of nitrogens with zero attached hydrogens (tertiary/aromatic N) is 2. The zero-order valence-corrected chi connectivity index (χ0v) is 10.7. The third-order valence-corrected chi connectivity index (χ3v) is 2.99. The summed E-state index contributed by atoms with van der Waals surface area (Å²) in [5.74, 6) is 0.259. The van der Waals surface area contributed by atoms with Crippen molar-refractivity contribution in [2.24, 2.45) is 5.92 Å². The normalized spacial score (nSPS) is 16.5. The molecular formula is C12H22N2O3. The molecule has 2 amide bonds. The number of aliphatic hydroxyl groups is 1. The molecule has 0 unspecified atom stereocenters. The number of rotatable bonds is 4. The van der Waals surface area contributed by atoms with Crippen molar-refractivity contribution in [1.82, 2.24) is 9.80 Å². The van der Waals surface area contributed by atoms with Crippen LogP contribution in [0.4, 0.5) is 0 Å². The summed E-state index contributed by atoms with van der Waals surface area (Å²) >= 11 is 0. The molecule has 0 radical (unpaired) electrons. The van der Waals surface area contributed by atoms with Gasteiger partial charge in [-0.15, -0.1) is 0 Å². The molecule has 0 saturated carbocycles. The van der Waals surface area contributed by atoms with Crippen molar-refractivity contribution in [2.75, 3.05) is 32.8 Å². The van der Waals surface area contributed by atoms with E-state index in [4.69, 9.17) is 5.11 Å². The summed E-state index contributed by atoms with van der Waals surface area (Å²) in [6.07, 6.45) is 0.915. The number of hydrogen-bond donors (Lipinski definition) is 1. The summed E-state index contributed by atoms with van der Waals surface area (Å²) in [6.45, 7) is 6.31. The Bertz CT molecular complexity index is 271. The van der Waals surface area contributed by atoms with Crippen LogP contribution in [0.2, 0.25) is 0 Å². The first-order valence-corrected chi connectivity index (χ1v) is 6.23. The standard InChI is InChI=1S/C12H22N2O3/c1-10(2)12(17)14-7-5-13(6-8-14)11(16)4-3-9-15/h10,15H,3-9H2,1-2H3. The number of carbonyl (C=O) groups is 2. The van der Waals surface area contributed by atoms with Crippen LogP contribution in [0.15, 0.2) is 0 Å². The van der Waals surface area contributed by atoms with E-state index in [0.29, 0.717) is 39.0 Å². The quantitative estimate of drug-likeness (QED) is 0.760. The van der Waals surface area contributed by atoms with E-state index in [1.807, 2.05) is 18.7 Å². The van der Waals surface area contributed by atoms with Crippen molar-refractivity contribution in [2.45, 2.75) is 26.7 Å². The molecule has 1 aliphatic heterocycles. The summed E-state index contributed by atoms with van der Waals surface area (Å²) < 4.78 is 0. The highest BCUT2D eigenvalue weighted by molar-refractivity contribution is 5.79. The highest BCUT2D eigenvalue weighted by Crippen LogP contribution is 2.08. The molecule has 1 heterocycles. The molecule has 0 aliphatic carbocycles. The number of aliphatic hydroxyl groups excluding tert-OH is 1. The summed E-state index contributed by atoms with van der Waals surface area (Å²) in [6, 6.07) is 0. The van der Waals surface area contributed by atoms with Gasteiger partial charge in [0, 0.05) is 45.1 Å². The van der Waals surface area contributed by atoms with Gasteiger partial charge in [-0.05, 0) is 6.42 Å². The van der Waals surface area contributed by atoms with E-state index in [2.05, 4.69) is 0 Å². The lowest BCUT2D eigenvalue weighted by molar-refractivity contribution is -0.141. The Hall–Kier alpha value is -1.10. The van der Waals surface area contributed by atoms with Gasteiger partial charge in [-0.25, -0.2) is 0 Å². The summed E-state index contributed by atoms with van der Waals surface area (Å²) in [5, 5.41) is 8.67. The van der Waals surface area contributed by atoms with E-state index < -0.39 is 0 Å². The second-order valence-corrected chi connectivity index (χ2v) is 4.69. The Morgan fingerprint density at radius 3 is 2.12 bits per heavy atom. The molecule has 1 aliphatic rings. The van der Waals surface area contributed by atoms with E-state index >= 15 is 0 Å². The van der Waals surface area contributed by atoms with Crippen LogP contribution < -0.4 is 0 Å². The lowest BCUT2D eigenvalue weighted by Gasteiger charge is -2.35. The Kier molecular flexibility index (Phi) is 5.41. The third kappa shape index (κ3) is 4.00. The zero-order valence-electron chi connectivity index (χ0n) is 10.7. The summed E-state index contributed by atoms with van der Waals surface area (Å²) in [5.41, 5.74) is 0. The molecule has 0 aromatic heterocycles. The van der Waals surface area contributed by atoms with E-state index in [0.717, 1.165) is 0 Å². The molecule has 0 aromatic carbocycles. The van der Waals surface area contributed by atoms with Crippen molar-refractivity contribution in [3.63, 3.8) is 0 Å². The molecule has 0 bridgehead atoms. The topological polar surface area (TPSA) is 60.9 Å². The predicted octanol–water partition coefficient (Wildman–Crippen LogP) is 0.0857. The fraction of sp³-hybridized carbons (Fsp3) is 0.833. The van der Waals surface area contributed by atoms with E-state index in [9.17, 15) is 9.59 Å². The average molecular weight is 242 g/mol. The first-order valence-electron chi connectivity index (χ1n) is 6.23. The van der Waals surface area contributed by atoms with Gasteiger partial charge in [0.1, 0.15) is 0 Å². The molecule has 17 heavy (non-hydrogen) atoms. The molecule has 98 valence electrons. The molecule has 5 nitrogen and oxygen atoms in total. The van der Waals surface area contributed by atoms with Crippen molar-refractivity contribution in [1.29, 1.82) is 0 Å². The first-order chi connectivity index (χ1) is 8.06. The Labute approximate surface area is 102 Å². The van der Waals surface area contributed by atoms with Crippen LogP contribution in [0.5, 0.6) is 0 Å². The highest BCUT2D eigenvalue weighted by atomic mass is 16.3. The van der Waals surface area contributed by atoms with Gasteiger partial charge in [-0.3, -0.25) is 9.59 Å². The molecular weight excluding hydrogens is 220 g/mol. The minimum atomic E-state index is 0.0200. The predicted molar refractivity (Wildman–Crippen MR) is 64.3 cm³/mol. The van der Waals surface area contributed by atoms with Crippen LogP contribution in [0, 0.1) is 5.92 Å². The maximum atomic E-state index is 11.7. The number of carbonyl (C=O) groups excluding carboxylic acids is 2. The molecule has 1 fully saturated rings. The second kappa shape index (κ2) is 6.59. The summed E-state index contributed by atoms with van der Waals surface area (Å²) in [7, 11) is 0. The first kappa shape index (κ1) is 14.0. The Balaban J connectivity index is 2.35. The number of hydrogen-bond acceptors (Lipinski definition) is 3. The molecule has 0 aromatic rings. The smallest absolute Gasteiger partial charge is 0.225 e. The van der Waals surface area contributed by atoms with Gasteiger partial charge in [0.2, 0.25) is 11.8 Å². The van der Waals surface area contributed by atoms with Crippen LogP contribution in [0.3, 0.4) is 0 Å². The minimum Gasteiger partial charge on any atom is -0.396 e. The molecule has 1 N–H and O–H groups in total. The monoisotopic (exact) mass is 242 g/mol. The van der Waals surface area contributed by atoms with Crippen LogP contribution >= 0.6 is 0 Å². The number of amides is 2. The average Bonchev–Trinajstić information content (AvgIpc) is 2.35. The minimum absolute atomic E-state index is 0.0200. The third-order valence-electron chi connectivity index (χ3n) is 2.99. The van der Waals surface area contributed by atoms with Crippen molar-refractivity contribution in [3.8, 4) is 0 Å². The van der Waals surface area contributed by atoms with Gasteiger partial charge in [0.25, 0.3) is 0 Å². The Morgan fingerprint density at radius 2 is 1.65 bits per heavy atom. The molecule has 1 rings (SSSR count). The van der Waals surface area contributed by atoms with Gasteiger partial charge in [-0.1, -0.05) is 13.8 Å². The maximum absolute atomic E-state index is 11.7. The van der Waals surface area contributed by atoms with Gasteiger partial charge in [0.05, 0.1) is 0 Å². The Morgan fingerprint density at radius 1 is 1.12 bits per heavy atom. The van der Waals surface area contributed by atoms with Crippen molar-refractivity contribution >= 4 is 11.8 Å². The van der Waals surface area contributed by atoms with Crippen LogP contribution in [0.1, 0.15) is 26.7 Å². The van der Waals surface area contributed by atoms with Crippen molar-refractivity contribution < 1.29 is 14.7 Å². The number of piperazine rings is 1. The lowest BCUT2D eigenvalue weighted by atomic mass is 10.1. The largest absolute Gasteiger partial charge is 0.396 e. The molecule has 5 heteroatoms. The SMILES string of the molecule is CC(C)C(=O)N1CCN(C(=O)CCCO)CC1. The fourth-order valence-corrected chi connectivity index (χ4v) is 1.93. The van der Waals surface area contributed by atoms with E-state index in [1.165, 1.54) is 0 Å². The highest BCUT2D eigenvalue weighted by Gasteiger charge is 2.24. The molecule has 1 saturated heterocycles. The van der Waals surface area contributed by atoms with Crippen LogP contribution in [0.25, 0.3) is 0 Å². The van der Waals surface area contributed by atoms with Gasteiger partial charge in [-0.2, -0.15) is 0 Å². The van der Waals surface area contributed by atoms with Gasteiger partial charge < -0.3 is 14.9 Å². The maximum Gasteiger partial charge on any atom is 0.225 e. The molecule has 0 atom stereocenters. The molecule has 0 spiro atoms. The van der Waals surface area contributed by atoms with Crippen LogP contribution in [-0.2, 0) is 9.59 Å². The van der Waals surface area contributed by atoms with Gasteiger partial charge in [0.15, 0.2) is 0 Å².